The molecule has 1 aliphatic rings. The maximum atomic E-state index is 13.5. The highest BCUT2D eigenvalue weighted by Gasteiger charge is 2.27. The summed E-state index contributed by atoms with van der Waals surface area (Å²) in [5.74, 6) is 0.565. The first-order chi connectivity index (χ1) is 14.5. The zero-order valence-corrected chi connectivity index (χ0v) is 16.6. The van der Waals surface area contributed by atoms with Gasteiger partial charge in [-0.1, -0.05) is 12.1 Å². The van der Waals surface area contributed by atoms with Gasteiger partial charge in [0, 0.05) is 30.6 Å². The van der Waals surface area contributed by atoms with Gasteiger partial charge in [-0.3, -0.25) is 4.90 Å². The highest BCUT2D eigenvalue weighted by Crippen LogP contribution is 2.30. The molecule has 7 heteroatoms. The molecule has 0 radical (unpaired) electrons. The number of hydrogen-bond acceptors (Lipinski definition) is 5. The molecule has 1 saturated heterocycles. The predicted molar refractivity (Wildman–Crippen MR) is 108 cm³/mol. The first-order valence-electron chi connectivity index (χ1n) is 10.1. The third-order valence-electron chi connectivity index (χ3n) is 5.54. The van der Waals surface area contributed by atoms with E-state index in [0.717, 1.165) is 54.7 Å². The Morgan fingerprint density at radius 3 is 2.67 bits per heavy atom. The molecule has 2 aromatic heterocycles. The zero-order chi connectivity index (χ0) is 20.7. The van der Waals surface area contributed by atoms with E-state index in [1.165, 1.54) is 12.1 Å². The molecule has 30 heavy (non-hydrogen) atoms. The van der Waals surface area contributed by atoms with Crippen LogP contribution in [0.15, 0.2) is 51.3 Å². The number of aromatic nitrogens is 2. The molecule has 154 valence electrons. The smallest absolute Gasteiger partial charge is 0.226 e. The number of nitrogens with zero attached hydrogens (tertiary/aromatic N) is 3. The Kier molecular flexibility index (Phi) is 4.83. The molecule has 2 aromatic carbocycles. The molecule has 1 fully saturated rings. The van der Waals surface area contributed by atoms with Crippen molar-refractivity contribution in [2.75, 3.05) is 13.1 Å². The van der Waals surface area contributed by atoms with E-state index in [1.807, 2.05) is 31.2 Å². The van der Waals surface area contributed by atoms with Crippen LogP contribution in [-0.4, -0.2) is 28.0 Å². The highest BCUT2D eigenvalue weighted by atomic mass is 19.1. The summed E-state index contributed by atoms with van der Waals surface area (Å²) in [5.41, 5.74) is 2.76. The van der Waals surface area contributed by atoms with Crippen LogP contribution in [0.1, 0.15) is 36.1 Å². The van der Waals surface area contributed by atoms with Crippen LogP contribution < -0.4 is 0 Å². The lowest BCUT2D eigenvalue weighted by Gasteiger charge is -2.30. The molecule has 5 nitrogen and oxygen atoms in total. The lowest BCUT2D eigenvalue weighted by molar-refractivity contribution is 0.185. The minimum atomic E-state index is -0.653. The Morgan fingerprint density at radius 1 is 1.07 bits per heavy atom. The summed E-state index contributed by atoms with van der Waals surface area (Å²) in [6.07, 6.45) is 2.05. The van der Waals surface area contributed by atoms with Crippen LogP contribution in [-0.2, 0) is 6.54 Å². The second kappa shape index (κ2) is 7.65. The number of likely N-dealkylation sites (tertiary alicyclic amines) is 1. The van der Waals surface area contributed by atoms with Gasteiger partial charge < -0.3 is 8.83 Å². The Bertz CT molecular complexity index is 1150. The molecule has 5 rings (SSSR count). The van der Waals surface area contributed by atoms with Gasteiger partial charge in [0.15, 0.2) is 11.5 Å². The third-order valence-corrected chi connectivity index (χ3v) is 5.54. The second-order valence-corrected chi connectivity index (χ2v) is 7.77. The molecule has 3 heterocycles. The van der Waals surface area contributed by atoms with Gasteiger partial charge in [0.05, 0.1) is 5.69 Å². The minimum Gasteiger partial charge on any atom is -0.441 e. The molecule has 4 aromatic rings. The molecular formula is C23H21F2N3O2. The SMILES string of the molecule is Cc1oc(-c2cc(F)cc(F)c2)nc1CN1CCC[C@H](c2nc3ccccc3o2)C1. The Morgan fingerprint density at radius 2 is 1.87 bits per heavy atom. The summed E-state index contributed by atoms with van der Waals surface area (Å²) in [6, 6.07) is 11.1. The Balaban J connectivity index is 1.33. The van der Waals surface area contributed by atoms with E-state index in [-0.39, 0.29) is 11.8 Å². The summed E-state index contributed by atoms with van der Waals surface area (Å²) in [7, 11) is 0. The number of aryl methyl sites for hydroxylation is 1. The van der Waals surface area contributed by atoms with Gasteiger partial charge in [0.2, 0.25) is 5.89 Å². The van der Waals surface area contributed by atoms with Crippen molar-refractivity contribution in [2.24, 2.45) is 0 Å². The minimum absolute atomic E-state index is 0.218. The van der Waals surface area contributed by atoms with Crippen molar-refractivity contribution >= 4 is 11.1 Å². The van der Waals surface area contributed by atoms with E-state index in [4.69, 9.17) is 8.83 Å². The number of rotatable bonds is 4. The lowest BCUT2D eigenvalue weighted by atomic mass is 9.98. The van der Waals surface area contributed by atoms with Gasteiger partial charge in [0.1, 0.15) is 22.9 Å². The van der Waals surface area contributed by atoms with Crippen LogP contribution in [0.3, 0.4) is 0 Å². The number of oxazole rings is 2. The number of benzene rings is 2. The molecule has 0 N–H and O–H groups in total. The topological polar surface area (TPSA) is 55.3 Å². The second-order valence-electron chi connectivity index (χ2n) is 7.77. The molecule has 0 bridgehead atoms. The summed E-state index contributed by atoms with van der Waals surface area (Å²) in [6.45, 7) is 4.17. The van der Waals surface area contributed by atoms with Crippen molar-refractivity contribution in [3.8, 4) is 11.5 Å². The first-order valence-corrected chi connectivity index (χ1v) is 10.1. The Hall–Kier alpha value is -3.06. The van der Waals surface area contributed by atoms with E-state index in [1.54, 1.807) is 0 Å². The fourth-order valence-corrected chi connectivity index (χ4v) is 4.05. The molecule has 0 amide bonds. The van der Waals surface area contributed by atoms with Gasteiger partial charge in [-0.05, 0) is 50.6 Å². The van der Waals surface area contributed by atoms with Gasteiger partial charge in [-0.25, -0.2) is 18.7 Å². The zero-order valence-electron chi connectivity index (χ0n) is 16.6. The maximum absolute atomic E-state index is 13.5. The molecule has 1 atom stereocenters. The van der Waals surface area contributed by atoms with Gasteiger partial charge >= 0.3 is 0 Å². The summed E-state index contributed by atoms with van der Waals surface area (Å²) in [4.78, 5) is 11.5. The first kappa shape index (κ1) is 18.9. The highest BCUT2D eigenvalue weighted by molar-refractivity contribution is 5.72. The largest absolute Gasteiger partial charge is 0.441 e. The Labute approximate surface area is 172 Å². The summed E-state index contributed by atoms with van der Waals surface area (Å²) in [5, 5.41) is 0. The van der Waals surface area contributed by atoms with Gasteiger partial charge in [0.25, 0.3) is 0 Å². The summed E-state index contributed by atoms with van der Waals surface area (Å²) < 4.78 is 38.8. The van der Waals surface area contributed by atoms with Crippen molar-refractivity contribution in [3.05, 3.63) is 71.4 Å². The number of para-hydroxylation sites is 2. The lowest BCUT2D eigenvalue weighted by Crippen LogP contribution is -2.34. The third kappa shape index (κ3) is 3.73. The number of piperidine rings is 1. The molecule has 0 spiro atoms. The maximum Gasteiger partial charge on any atom is 0.226 e. The van der Waals surface area contributed by atoms with Crippen LogP contribution in [0.5, 0.6) is 0 Å². The van der Waals surface area contributed by atoms with Crippen molar-refractivity contribution in [2.45, 2.75) is 32.2 Å². The molecule has 0 unspecified atom stereocenters. The van der Waals surface area contributed by atoms with Crippen LogP contribution >= 0.6 is 0 Å². The van der Waals surface area contributed by atoms with Crippen LogP contribution in [0, 0.1) is 18.6 Å². The van der Waals surface area contributed by atoms with Crippen molar-refractivity contribution in [1.29, 1.82) is 0 Å². The van der Waals surface area contributed by atoms with Gasteiger partial charge in [-0.15, -0.1) is 0 Å². The number of hydrogen-bond donors (Lipinski definition) is 0. The predicted octanol–water partition coefficient (Wildman–Crippen LogP) is 5.45. The van der Waals surface area contributed by atoms with E-state index in [2.05, 4.69) is 14.9 Å². The van der Waals surface area contributed by atoms with E-state index >= 15 is 0 Å². The van der Waals surface area contributed by atoms with Crippen LogP contribution in [0.4, 0.5) is 8.78 Å². The fourth-order valence-electron chi connectivity index (χ4n) is 4.05. The normalized spacial score (nSPS) is 17.6. The van der Waals surface area contributed by atoms with E-state index in [0.29, 0.717) is 17.9 Å². The van der Waals surface area contributed by atoms with Crippen LogP contribution in [0.2, 0.25) is 0 Å². The van der Waals surface area contributed by atoms with Crippen molar-refractivity contribution < 1.29 is 17.6 Å². The molecule has 0 aliphatic carbocycles. The van der Waals surface area contributed by atoms with Crippen molar-refractivity contribution in [1.82, 2.24) is 14.9 Å². The molecule has 1 aliphatic heterocycles. The van der Waals surface area contributed by atoms with Crippen molar-refractivity contribution in [3.63, 3.8) is 0 Å². The number of halogens is 2. The fraction of sp³-hybridized carbons (Fsp3) is 0.304. The van der Waals surface area contributed by atoms with E-state index in [9.17, 15) is 8.78 Å². The quantitative estimate of drug-likeness (QED) is 0.449. The summed E-state index contributed by atoms with van der Waals surface area (Å²) >= 11 is 0. The van der Waals surface area contributed by atoms with E-state index < -0.39 is 11.6 Å². The standard InChI is InChI=1S/C23H21F2N3O2/c1-14-20(27-23(29-14)16-9-17(24)11-18(25)10-16)13-28-8-4-5-15(12-28)22-26-19-6-2-3-7-21(19)30-22/h2-3,6-7,9-11,15H,4-5,8,12-13H2,1H3/t15-/m0/s1. The molecule has 0 saturated carbocycles. The average molecular weight is 409 g/mol. The average Bonchev–Trinajstić information content (AvgIpc) is 3.31. The van der Waals surface area contributed by atoms with Gasteiger partial charge in [-0.2, -0.15) is 0 Å². The molecular weight excluding hydrogens is 388 g/mol. The number of fused-ring (bicyclic) bond motifs is 1. The monoisotopic (exact) mass is 409 g/mol. The van der Waals surface area contributed by atoms with Crippen LogP contribution in [0.25, 0.3) is 22.6 Å².